The standard InChI is InChI=1S/C53H84O26/c1-69-33-15-23(3-11-29(33)58)5-13-39(60)71-22-38-43(64)46(67)50(79-53-49(45(66)42(63)37(21-55)76-53)78-40(61)14-6-24-4-12-30(59)34(16-24)70-2)52(77-38)74-35-19-28-31(72-48(35)25-7-9-26(56)10-8-25)17-27(57)18-32(28)73-51-47(68)44(65)41(62)36(20-54)75-51/h5-6,13-14,23-38,41-59,62-68H,3-4,7-12,15-22H2,1-2H3/p+1. The molecule has 14 N–H and O–H groups in total. The minimum absolute atomic E-state index is 0.00118. The summed E-state index contributed by atoms with van der Waals surface area (Å²) in [6.45, 7) is -2.21. The third-order valence-electron chi connectivity index (χ3n) is 17.5. The van der Waals surface area contributed by atoms with E-state index in [4.69, 9.17) is 52.1 Å². The molecule has 0 amide bonds. The first-order valence-electron chi connectivity index (χ1n) is 27.9. The number of carbonyl (C=O) groups excluding carboxylic acids is 2. The molecule has 0 spiro atoms. The number of carbonyl (C=O) groups is 2. The van der Waals surface area contributed by atoms with E-state index in [-0.39, 0.29) is 37.0 Å². The van der Waals surface area contributed by atoms with E-state index in [1.54, 1.807) is 12.2 Å². The average Bonchev–Trinajstić information content (AvgIpc) is 3.44. The molecular formula is C53H85O26+. The van der Waals surface area contributed by atoms with Crippen LogP contribution in [0.25, 0.3) is 0 Å². The lowest BCUT2D eigenvalue weighted by molar-refractivity contribution is -0.389. The van der Waals surface area contributed by atoms with Gasteiger partial charge in [-0.3, -0.25) is 0 Å². The van der Waals surface area contributed by atoms with E-state index in [9.17, 15) is 76.0 Å². The van der Waals surface area contributed by atoms with Crippen molar-refractivity contribution >= 4 is 11.9 Å². The Bertz CT molecular complexity index is 1970. The SMILES string of the molecule is COC1CC(C=CC(=O)OCC2OC(OC3CC4C(OC5OC(CO)C(O)C(O)C5O)CC(O)CC4[OH+]C3C3CCC(O)CC3)C(OC3OC(CO)C(O)C(O)C3OC(=O)C=CC3CCC(O)C(OC)C3)C(O)C2O)CCC1O. The van der Waals surface area contributed by atoms with Gasteiger partial charge in [0.15, 0.2) is 37.2 Å². The number of fused-ring (bicyclic) bond motifs is 1. The van der Waals surface area contributed by atoms with Crippen LogP contribution in [0.2, 0.25) is 0 Å². The van der Waals surface area contributed by atoms with E-state index in [1.807, 2.05) is 0 Å². The molecule has 4 saturated carbocycles. The van der Waals surface area contributed by atoms with E-state index in [1.165, 1.54) is 20.3 Å². The molecule has 0 aromatic heterocycles. The Hall–Kier alpha value is -2.46. The zero-order chi connectivity index (χ0) is 56.8. The van der Waals surface area contributed by atoms with Crippen LogP contribution in [-0.4, -0.2) is 270 Å². The summed E-state index contributed by atoms with van der Waals surface area (Å²) in [6, 6.07) is 0. The Balaban J connectivity index is 1.07. The highest BCUT2D eigenvalue weighted by molar-refractivity contribution is 5.82. The topological polar surface area (TPSA) is 402 Å². The number of esters is 2. The van der Waals surface area contributed by atoms with Crippen molar-refractivity contribution in [3.8, 4) is 0 Å². The fraction of sp³-hybridized carbons (Fsp3) is 0.887. The van der Waals surface area contributed by atoms with Crippen molar-refractivity contribution in [2.75, 3.05) is 34.0 Å². The Labute approximate surface area is 457 Å². The summed E-state index contributed by atoms with van der Waals surface area (Å²) in [5, 5.41) is 141. The number of methoxy groups -OCH3 is 2. The van der Waals surface area contributed by atoms with Crippen LogP contribution in [0.3, 0.4) is 0 Å². The maximum atomic E-state index is 13.5. The van der Waals surface area contributed by atoms with Crippen LogP contribution in [0.15, 0.2) is 24.3 Å². The maximum Gasteiger partial charge on any atom is 0.330 e. The second kappa shape index (κ2) is 28.4. The Morgan fingerprint density at radius 1 is 0.506 bits per heavy atom. The van der Waals surface area contributed by atoms with Gasteiger partial charge in [-0.05, 0) is 82.5 Å². The number of rotatable bonds is 18. The van der Waals surface area contributed by atoms with E-state index < -0.39 is 191 Å². The van der Waals surface area contributed by atoms with E-state index in [2.05, 4.69) is 0 Å². The van der Waals surface area contributed by atoms with Crippen molar-refractivity contribution in [1.82, 2.24) is 0 Å². The van der Waals surface area contributed by atoms with Crippen molar-refractivity contribution < 1.29 is 128 Å². The third-order valence-corrected chi connectivity index (χ3v) is 17.5. The lowest BCUT2D eigenvalue weighted by atomic mass is 9.73. The first kappa shape index (κ1) is 62.6. The highest BCUT2D eigenvalue weighted by Gasteiger charge is 2.58. The van der Waals surface area contributed by atoms with Gasteiger partial charge in [0.05, 0.1) is 61.9 Å². The van der Waals surface area contributed by atoms with Crippen LogP contribution >= 0.6 is 0 Å². The number of aliphatic hydroxyl groups is 15. The summed E-state index contributed by atoms with van der Waals surface area (Å²) >= 11 is 0. The normalized spacial score (nSPS) is 48.1. The monoisotopic (exact) mass is 1140 g/mol. The molecule has 26 heteroatoms. The summed E-state index contributed by atoms with van der Waals surface area (Å²) < 4.78 is 64.9. The van der Waals surface area contributed by atoms with Gasteiger partial charge < -0.3 is 118 Å². The second-order valence-electron chi connectivity index (χ2n) is 22.8. The van der Waals surface area contributed by atoms with Crippen LogP contribution in [0.4, 0.5) is 0 Å². The molecule has 79 heavy (non-hydrogen) atoms. The van der Waals surface area contributed by atoms with Gasteiger partial charge in [-0.1, -0.05) is 12.2 Å². The number of aliphatic hydroxyl groups excluding tert-OH is 13. The molecule has 0 aromatic carbocycles. The van der Waals surface area contributed by atoms with Crippen molar-refractivity contribution in [2.24, 2.45) is 23.7 Å². The van der Waals surface area contributed by atoms with Crippen LogP contribution in [0.5, 0.6) is 0 Å². The maximum absolute atomic E-state index is 13.5. The van der Waals surface area contributed by atoms with E-state index in [0.29, 0.717) is 64.2 Å². The molecule has 0 radical (unpaired) electrons. The highest BCUT2D eigenvalue weighted by Crippen LogP contribution is 2.45. The molecule has 4 aliphatic carbocycles. The van der Waals surface area contributed by atoms with Gasteiger partial charge in [0.25, 0.3) is 0 Å². The summed E-state index contributed by atoms with van der Waals surface area (Å²) in [6.07, 6.45) is -22.5. The lowest BCUT2D eigenvalue weighted by Gasteiger charge is -2.50. The molecule has 4 heterocycles. The van der Waals surface area contributed by atoms with Gasteiger partial charge >= 0.3 is 11.9 Å². The minimum atomic E-state index is -1.99. The molecule has 4 saturated heterocycles. The minimum Gasteiger partial charge on any atom is -0.460 e. The predicted molar refractivity (Wildman–Crippen MR) is 265 cm³/mol. The van der Waals surface area contributed by atoms with E-state index >= 15 is 0 Å². The largest absolute Gasteiger partial charge is 0.460 e. The van der Waals surface area contributed by atoms with Crippen LogP contribution < -0.4 is 0 Å². The highest BCUT2D eigenvalue weighted by atomic mass is 16.8. The Morgan fingerprint density at radius 3 is 1.65 bits per heavy atom. The molecule has 8 fully saturated rings. The third kappa shape index (κ3) is 15.1. The van der Waals surface area contributed by atoms with Gasteiger partial charge in [0.2, 0.25) is 0 Å². The molecular weight excluding hydrogens is 1050 g/mol. The van der Waals surface area contributed by atoms with Crippen molar-refractivity contribution in [1.29, 1.82) is 0 Å². The van der Waals surface area contributed by atoms with Crippen molar-refractivity contribution in [2.45, 2.75) is 237 Å². The molecule has 8 aliphatic rings. The second-order valence-corrected chi connectivity index (χ2v) is 22.8. The van der Waals surface area contributed by atoms with E-state index in [0.717, 1.165) is 6.08 Å². The summed E-state index contributed by atoms with van der Waals surface area (Å²) in [5.41, 5.74) is 0. The number of hydrogen-bond donors (Lipinski definition) is 13. The molecule has 0 bridgehead atoms. The van der Waals surface area contributed by atoms with Crippen LogP contribution in [0.1, 0.15) is 83.5 Å². The Morgan fingerprint density at radius 2 is 1.04 bits per heavy atom. The summed E-state index contributed by atoms with van der Waals surface area (Å²) in [7, 11) is 2.96. The predicted octanol–water partition coefficient (Wildman–Crippen LogP) is -4.26. The molecule has 452 valence electrons. The van der Waals surface area contributed by atoms with Crippen LogP contribution in [-0.2, 0) is 57.0 Å². The fourth-order valence-electron chi connectivity index (χ4n) is 12.8. The zero-order valence-corrected chi connectivity index (χ0v) is 44.5. The number of allylic oxidation sites excluding steroid dienone is 2. The average molecular weight is 1140 g/mol. The van der Waals surface area contributed by atoms with Crippen molar-refractivity contribution in [3.63, 3.8) is 0 Å². The summed E-state index contributed by atoms with van der Waals surface area (Å²) in [4.78, 5) is 26.7. The lowest BCUT2D eigenvalue weighted by Crippen LogP contribution is -2.66. The fourth-order valence-corrected chi connectivity index (χ4v) is 12.8. The smallest absolute Gasteiger partial charge is 0.330 e. The molecule has 4 aliphatic heterocycles. The Kier molecular flexibility index (Phi) is 22.5. The van der Waals surface area contributed by atoms with Crippen LogP contribution in [0, 0.1) is 23.7 Å². The van der Waals surface area contributed by atoms with Gasteiger partial charge in [-0.15, -0.1) is 0 Å². The first-order chi connectivity index (χ1) is 37.8. The van der Waals surface area contributed by atoms with Crippen molar-refractivity contribution in [3.05, 3.63) is 24.3 Å². The number of hydrogen-bond acceptors (Lipinski definition) is 25. The van der Waals surface area contributed by atoms with Gasteiger partial charge in [0.1, 0.15) is 79.9 Å². The molecule has 8 rings (SSSR count). The molecule has 0 aromatic rings. The van der Waals surface area contributed by atoms with Gasteiger partial charge in [-0.25, -0.2) is 9.59 Å². The van der Waals surface area contributed by atoms with Gasteiger partial charge in [-0.2, -0.15) is 0 Å². The quantitative estimate of drug-likeness (QED) is 0.0351. The molecule has 26 nitrogen and oxygen atoms in total. The van der Waals surface area contributed by atoms with Gasteiger partial charge in [0, 0.05) is 45.1 Å². The summed E-state index contributed by atoms with van der Waals surface area (Å²) in [5.74, 6) is -2.97. The zero-order valence-electron chi connectivity index (χ0n) is 44.5. The molecule has 27 unspecified atom stereocenters. The number of ether oxygens (including phenoxy) is 11. The molecule has 27 atom stereocenters. The first-order valence-corrected chi connectivity index (χ1v) is 27.9.